The number of rotatable bonds is 3. The molecule has 1 nitrogen and oxygen atoms in total. The Bertz CT molecular complexity index is 574. The van der Waals surface area contributed by atoms with E-state index in [1.807, 2.05) is 0 Å². The fourth-order valence-electron chi connectivity index (χ4n) is 2.79. The summed E-state index contributed by atoms with van der Waals surface area (Å²) in [6.45, 7) is 0. The van der Waals surface area contributed by atoms with Crippen LogP contribution in [0.3, 0.4) is 0 Å². The number of hydrogen-bond acceptors (Lipinski definition) is 2. The van der Waals surface area contributed by atoms with Crippen LogP contribution in [0.15, 0.2) is 47.4 Å². The molecule has 0 amide bonds. The number of nitrogens with two attached hydrogens (primary N) is 1. The molecular weight excluding hydrogens is 250 g/mol. The molecule has 2 N–H and O–H groups in total. The van der Waals surface area contributed by atoms with E-state index in [0.717, 1.165) is 0 Å². The van der Waals surface area contributed by atoms with Gasteiger partial charge in [-0.1, -0.05) is 30.3 Å². The zero-order valence-electron chi connectivity index (χ0n) is 11.2. The molecule has 0 saturated carbocycles. The van der Waals surface area contributed by atoms with Crippen LogP contribution in [0.4, 0.5) is 0 Å². The second-order valence-corrected chi connectivity index (χ2v) is 6.01. The van der Waals surface area contributed by atoms with E-state index >= 15 is 0 Å². The lowest BCUT2D eigenvalue weighted by Gasteiger charge is -2.14. The lowest BCUT2D eigenvalue weighted by molar-refractivity contribution is 0.865. The van der Waals surface area contributed by atoms with E-state index < -0.39 is 0 Å². The third-order valence-corrected chi connectivity index (χ3v) is 4.70. The van der Waals surface area contributed by atoms with E-state index in [-0.39, 0.29) is 6.04 Å². The molecule has 0 heterocycles. The van der Waals surface area contributed by atoms with Crippen LogP contribution >= 0.6 is 11.8 Å². The zero-order chi connectivity index (χ0) is 13.2. The van der Waals surface area contributed by atoms with Crippen LogP contribution < -0.4 is 5.73 Å². The van der Waals surface area contributed by atoms with E-state index in [4.69, 9.17) is 5.73 Å². The topological polar surface area (TPSA) is 26.0 Å². The maximum Gasteiger partial charge on any atom is 0.0551 e. The molecule has 2 heteroatoms. The van der Waals surface area contributed by atoms with Gasteiger partial charge in [-0.05, 0) is 59.9 Å². The Morgan fingerprint density at radius 3 is 2.37 bits per heavy atom. The first-order valence-electron chi connectivity index (χ1n) is 6.79. The molecule has 0 aliphatic heterocycles. The highest BCUT2D eigenvalue weighted by Crippen LogP contribution is 2.28. The summed E-state index contributed by atoms with van der Waals surface area (Å²) < 4.78 is 0. The Morgan fingerprint density at radius 2 is 1.63 bits per heavy atom. The largest absolute Gasteiger partial charge is 0.320 e. The van der Waals surface area contributed by atoms with Gasteiger partial charge in [-0.3, -0.25) is 0 Å². The van der Waals surface area contributed by atoms with Crippen molar-refractivity contribution in [2.45, 2.75) is 30.2 Å². The Hall–Kier alpha value is -1.25. The number of aryl methyl sites for hydroxylation is 2. The molecule has 2 aromatic carbocycles. The summed E-state index contributed by atoms with van der Waals surface area (Å²) in [5, 5.41) is 0. The first-order chi connectivity index (χ1) is 9.28. The highest BCUT2D eigenvalue weighted by molar-refractivity contribution is 7.98. The molecule has 0 saturated heterocycles. The molecule has 1 unspecified atom stereocenters. The highest BCUT2D eigenvalue weighted by Gasteiger charge is 2.14. The lowest BCUT2D eigenvalue weighted by Crippen LogP contribution is -2.12. The summed E-state index contributed by atoms with van der Waals surface area (Å²) in [5.74, 6) is 0. The molecule has 0 radical (unpaired) electrons. The molecule has 0 spiro atoms. The van der Waals surface area contributed by atoms with Crippen molar-refractivity contribution in [2.75, 3.05) is 6.26 Å². The average Bonchev–Trinajstić information content (AvgIpc) is 2.94. The molecule has 0 bridgehead atoms. The third kappa shape index (κ3) is 2.56. The minimum Gasteiger partial charge on any atom is -0.320 e. The maximum atomic E-state index is 6.40. The van der Waals surface area contributed by atoms with Crippen molar-refractivity contribution < 1.29 is 0 Å². The smallest absolute Gasteiger partial charge is 0.0551 e. The van der Waals surface area contributed by atoms with Crippen LogP contribution in [0, 0.1) is 0 Å². The predicted molar refractivity (Wildman–Crippen MR) is 82.7 cm³/mol. The minimum absolute atomic E-state index is 0.0122. The average molecular weight is 269 g/mol. The van der Waals surface area contributed by atoms with Crippen molar-refractivity contribution in [1.29, 1.82) is 0 Å². The van der Waals surface area contributed by atoms with Gasteiger partial charge in [0, 0.05) is 4.90 Å². The van der Waals surface area contributed by atoms with E-state index in [2.05, 4.69) is 48.7 Å². The van der Waals surface area contributed by atoms with Gasteiger partial charge in [-0.15, -0.1) is 11.8 Å². The van der Waals surface area contributed by atoms with E-state index in [9.17, 15) is 0 Å². The predicted octanol–water partition coefficient (Wildman–Crippen LogP) is 3.95. The van der Waals surface area contributed by atoms with Crippen LogP contribution in [0.1, 0.15) is 34.7 Å². The molecule has 1 aliphatic carbocycles. The van der Waals surface area contributed by atoms with Gasteiger partial charge in [0.25, 0.3) is 0 Å². The molecule has 3 rings (SSSR count). The summed E-state index contributed by atoms with van der Waals surface area (Å²) in [6.07, 6.45) is 5.82. The second kappa shape index (κ2) is 5.40. The summed E-state index contributed by atoms with van der Waals surface area (Å²) in [7, 11) is 0. The van der Waals surface area contributed by atoms with Crippen LogP contribution in [0.25, 0.3) is 0 Å². The van der Waals surface area contributed by atoms with Gasteiger partial charge >= 0.3 is 0 Å². The van der Waals surface area contributed by atoms with Crippen molar-refractivity contribution >= 4 is 11.8 Å². The van der Waals surface area contributed by atoms with Gasteiger partial charge in [0.2, 0.25) is 0 Å². The van der Waals surface area contributed by atoms with Crippen LogP contribution in [-0.2, 0) is 12.8 Å². The van der Waals surface area contributed by atoms with Gasteiger partial charge in [-0.25, -0.2) is 0 Å². The first kappa shape index (κ1) is 12.8. The van der Waals surface area contributed by atoms with Crippen molar-refractivity contribution in [3.63, 3.8) is 0 Å². The molecule has 0 fully saturated rings. The quantitative estimate of drug-likeness (QED) is 0.854. The van der Waals surface area contributed by atoms with Gasteiger partial charge in [0.05, 0.1) is 6.04 Å². The lowest BCUT2D eigenvalue weighted by atomic mass is 9.96. The van der Waals surface area contributed by atoms with Crippen molar-refractivity contribution in [1.82, 2.24) is 0 Å². The fraction of sp³-hybridized carbons (Fsp3) is 0.294. The van der Waals surface area contributed by atoms with Crippen molar-refractivity contribution in [2.24, 2.45) is 5.73 Å². The van der Waals surface area contributed by atoms with E-state index in [1.165, 1.54) is 46.4 Å². The normalized spacial score (nSPS) is 15.3. The Balaban J connectivity index is 1.88. The monoisotopic (exact) mass is 269 g/mol. The van der Waals surface area contributed by atoms with Crippen molar-refractivity contribution in [3.8, 4) is 0 Å². The van der Waals surface area contributed by atoms with Crippen molar-refractivity contribution in [3.05, 3.63) is 64.7 Å². The van der Waals surface area contributed by atoms with Crippen LogP contribution in [-0.4, -0.2) is 6.26 Å². The summed E-state index contributed by atoms with van der Waals surface area (Å²) >= 11 is 1.76. The van der Waals surface area contributed by atoms with Crippen LogP contribution in [0.5, 0.6) is 0 Å². The van der Waals surface area contributed by atoms with E-state index in [1.54, 1.807) is 11.8 Å². The second-order valence-electron chi connectivity index (χ2n) is 5.13. The van der Waals surface area contributed by atoms with Gasteiger partial charge < -0.3 is 5.73 Å². The molecule has 1 aliphatic rings. The minimum atomic E-state index is -0.0122. The molecular formula is C17H19NS. The standard InChI is InChI=1S/C17H19NS/c1-19-16-9-7-13(8-10-16)17(18)15-6-5-12-3-2-4-14(12)11-15/h5-11,17H,2-4,18H2,1H3. The SMILES string of the molecule is CSc1ccc(C(N)c2ccc3c(c2)CCC3)cc1. The summed E-state index contributed by atoms with van der Waals surface area (Å²) in [5.41, 5.74) is 11.8. The molecule has 98 valence electrons. The number of fused-ring (bicyclic) bond motifs is 1. The molecule has 1 atom stereocenters. The molecule has 0 aromatic heterocycles. The Kier molecular flexibility index (Phi) is 3.63. The van der Waals surface area contributed by atoms with Gasteiger partial charge in [0.1, 0.15) is 0 Å². The van der Waals surface area contributed by atoms with Crippen LogP contribution in [0.2, 0.25) is 0 Å². The molecule has 19 heavy (non-hydrogen) atoms. The van der Waals surface area contributed by atoms with E-state index in [0.29, 0.717) is 0 Å². The number of hydrogen-bond donors (Lipinski definition) is 1. The Morgan fingerprint density at radius 1 is 0.947 bits per heavy atom. The summed E-state index contributed by atoms with van der Waals surface area (Å²) in [6, 6.07) is 15.3. The van der Waals surface area contributed by atoms with Gasteiger partial charge in [0.15, 0.2) is 0 Å². The molecule has 2 aromatic rings. The van der Waals surface area contributed by atoms with Gasteiger partial charge in [-0.2, -0.15) is 0 Å². The number of benzene rings is 2. The maximum absolute atomic E-state index is 6.40. The first-order valence-corrected chi connectivity index (χ1v) is 8.01. The third-order valence-electron chi connectivity index (χ3n) is 3.96. The fourth-order valence-corrected chi connectivity index (χ4v) is 3.20. The highest BCUT2D eigenvalue weighted by atomic mass is 32.2. The zero-order valence-corrected chi connectivity index (χ0v) is 12.0. The summed E-state index contributed by atoms with van der Waals surface area (Å²) in [4.78, 5) is 1.28. The Labute approximate surface area is 119 Å². The number of thioether (sulfide) groups is 1.